The molecule has 29 heavy (non-hydrogen) atoms. The van der Waals surface area contributed by atoms with Crippen molar-refractivity contribution in [2.24, 2.45) is 0 Å². The molecule has 0 aliphatic heterocycles. The Kier molecular flexibility index (Phi) is 7.29. The van der Waals surface area contributed by atoms with Crippen LogP contribution in [-0.4, -0.2) is 39.3 Å². The zero-order valence-electron chi connectivity index (χ0n) is 15.5. The molecule has 156 valence electrons. The Hall–Kier alpha value is -3.43. The van der Waals surface area contributed by atoms with E-state index in [0.29, 0.717) is 17.2 Å². The summed E-state index contributed by atoms with van der Waals surface area (Å²) in [6.45, 7) is -1.28. The minimum Gasteiger partial charge on any atom is -0.497 e. The smallest absolute Gasteiger partial charge is 0.416 e. The molecule has 2 aromatic rings. The highest BCUT2D eigenvalue weighted by molar-refractivity contribution is 5.94. The van der Waals surface area contributed by atoms with Crippen LogP contribution in [0.4, 0.5) is 18.9 Å². The van der Waals surface area contributed by atoms with Crippen LogP contribution in [0, 0.1) is 0 Å². The number of methoxy groups -OCH3 is 2. The van der Waals surface area contributed by atoms with Crippen molar-refractivity contribution in [3.05, 3.63) is 48.0 Å². The lowest BCUT2D eigenvalue weighted by atomic mass is 10.2. The van der Waals surface area contributed by atoms with Crippen LogP contribution >= 0.6 is 0 Å². The monoisotopic (exact) mass is 413 g/mol. The number of alkyl halides is 3. The van der Waals surface area contributed by atoms with E-state index in [1.807, 2.05) is 0 Å². The number of esters is 1. The van der Waals surface area contributed by atoms with Gasteiger partial charge in [-0.2, -0.15) is 13.2 Å². The second-order valence-electron chi connectivity index (χ2n) is 5.59. The van der Waals surface area contributed by atoms with Gasteiger partial charge in [0, 0.05) is 6.07 Å². The standard InChI is InChI=1S/C19H18F3NO6/c1-26-13-6-7-16(27-2)15(9-13)23-17(24)10-29-18(25)11-28-14-5-3-4-12(8-14)19(20,21)22/h3-9H,10-11H2,1-2H3,(H,23,24). The summed E-state index contributed by atoms with van der Waals surface area (Å²) in [6.07, 6.45) is -4.53. The van der Waals surface area contributed by atoms with Gasteiger partial charge in [0.25, 0.3) is 5.91 Å². The predicted octanol–water partition coefficient (Wildman–Crippen LogP) is 3.28. The molecule has 0 saturated heterocycles. The van der Waals surface area contributed by atoms with E-state index in [1.165, 1.54) is 26.4 Å². The van der Waals surface area contributed by atoms with Crippen LogP contribution in [0.15, 0.2) is 42.5 Å². The molecule has 1 amide bonds. The number of amides is 1. The van der Waals surface area contributed by atoms with Gasteiger partial charge in [-0.25, -0.2) is 4.79 Å². The fourth-order valence-corrected chi connectivity index (χ4v) is 2.19. The van der Waals surface area contributed by atoms with Crippen LogP contribution in [0.2, 0.25) is 0 Å². The first-order valence-electron chi connectivity index (χ1n) is 8.20. The lowest BCUT2D eigenvalue weighted by Gasteiger charge is -2.12. The third kappa shape index (κ3) is 6.59. The summed E-state index contributed by atoms with van der Waals surface area (Å²) in [5, 5.41) is 2.50. The highest BCUT2D eigenvalue weighted by atomic mass is 19.4. The van der Waals surface area contributed by atoms with Crippen molar-refractivity contribution in [3.63, 3.8) is 0 Å². The van der Waals surface area contributed by atoms with E-state index in [0.717, 1.165) is 18.2 Å². The third-order valence-corrected chi connectivity index (χ3v) is 3.56. The minimum absolute atomic E-state index is 0.151. The van der Waals surface area contributed by atoms with Crippen molar-refractivity contribution >= 4 is 17.6 Å². The maximum atomic E-state index is 12.6. The topological polar surface area (TPSA) is 83.1 Å². The fourth-order valence-electron chi connectivity index (χ4n) is 2.19. The molecule has 0 radical (unpaired) electrons. The first-order valence-corrected chi connectivity index (χ1v) is 8.20. The molecule has 2 rings (SSSR count). The van der Waals surface area contributed by atoms with E-state index < -0.39 is 36.8 Å². The second kappa shape index (κ2) is 9.67. The summed E-state index contributed by atoms with van der Waals surface area (Å²) < 4.78 is 57.9. The number of ether oxygens (including phenoxy) is 4. The van der Waals surface area contributed by atoms with E-state index in [1.54, 1.807) is 12.1 Å². The molecular formula is C19H18F3NO6. The molecule has 0 spiro atoms. The van der Waals surface area contributed by atoms with E-state index >= 15 is 0 Å². The van der Waals surface area contributed by atoms with Crippen molar-refractivity contribution in [1.29, 1.82) is 0 Å². The number of carbonyl (C=O) groups excluding carboxylic acids is 2. The predicted molar refractivity (Wildman–Crippen MR) is 96.1 cm³/mol. The van der Waals surface area contributed by atoms with Crippen molar-refractivity contribution in [2.45, 2.75) is 6.18 Å². The molecule has 10 heteroatoms. The number of rotatable bonds is 8. The zero-order chi connectivity index (χ0) is 21.4. The molecule has 2 aromatic carbocycles. The largest absolute Gasteiger partial charge is 0.497 e. The first kappa shape index (κ1) is 21.9. The van der Waals surface area contributed by atoms with Crippen molar-refractivity contribution < 1.29 is 41.7 Å². The molecule has 7 nitrogen and oxygen atoms in total. The number of halogens is 3. The van der Waals surface area contributed by atoms with Crippen LogP contribution in [0.1, 0.15) is 5.56 Å². The molecule has 0 atom stereocenters. The van der Waals surface area contributed by atoms with Gasteiger partial charge in [-0.3, -0.25) is 4.79 Å². The Morgan fingerprint density at radius 2 is 1.72 bits per heavy atom. The van der Waals surface area contributed by atoms with Gasteiger partial charge in [0.1, 0.15) is 17.2 Å². The van der Waals surface area contributed by atoms with Gasteiger partial charge in [0.05, 0.1) is 25.5 Å². The van der Waals surface area contributed by atoms with Gasteiger partial charge in [0.2, 0.25) is 0 Å². The summed E-state index contributed by atoms with van der Waals surface area (Å²) in [5.41, 5.74) is -0.594. The number of anilines is 1. The van der Waals surface area contributed by atoms with Crippen LogP contribution in [0.3, 0.4) is 0 Å². The van der Waals surface area contributed by atoms with Gasteiger partial charge < -0.3 is 24.3 Å². The van der Waals surface area contributed by atoms with Gasteiger partial charge in [-0.15, -0.1) is 0 Å². The summed E-state index contributed by atoms with van der Waals surface area (Å²) >= 11 is 0. The SMILES string of the molecule is COc1ccc(OC)c(NC(=O)COC(=O)COc2cccc(C(F)(F)F)c2)c1. The van der Waals surface area contributed by atoms with E-state index in [2.05, 4.69) is 5.32 Å². The molecule has 0 aliphatic carbocycles. The average Bonchev–Trinajstić information content (AvgIpc) is 2.70. The van der Waals surface area contributed by atoms with Crippen molar-refractivity contribution in [2.75, 3.05) is 32.8 Å². The maximum Gasteiger partial charge on any atom is 0.416 e. The van der Waals surface area contributed by atoms with Crippen molar-refractivity contribution in [1.82, 2.24) is 0 Å². The Morgan fingerprint density at radius 3 is 2.38 bits per heavy atom. The maximum absolute atomic E-state index is 12.6. The summed E-state index contributed by atoms with van der Waals surface area (Å²) in [5.74, 6) is -0.868. The summed E-state index contributed by atoms with van der Waals surface area (Å²) in [6, 6.07) is 8.80. The molecule has 0 heterocycles. The van der Waals surface area contributed by atoms with E-state index in [9.17, 15) is 22.8 Å². The van der Waals surface area contributed by atoms with Gasteiger partial charge in [0.15, 0.2) is 13.2 Å². The lowest BCUT2D eigenvalue weighted by Crippen LogP contribution is -2.24. The molecule has 0 aliphatic rings. The van der Waals surface area contributed by atoms with Gasteiger partial charge in [-0.05, 0) is 30.3 Å². The van der Waals surface area contributed by atoms with Crippen molar-refractivity contribution in [3.8, 4) is 17.2 Å². The number of benzene rings is 2. The number of hydrogen-bond donors (Lipinski definition) is 1. The first-order chi connectivity index (χ1) is 13.7. The van der Waals surface area contributed by atoms with Crippen LogP contribution in [0.5, 0.6) is 17.2 Å². The lowest BCUT2D eigenvalue weighted by molar-refractivity contribution is -0.149. The van der Waals surface area contributed by atoms with Gasteiger partial charge in [-0.1, -0.05) is 6.07 Å². The summed E-state index contributed by atoms with van der Waals surface area (Å²) in [4.78, 5) is 23.6. The Balaban J connectivity index is 1.84. The number of nitrogens with one attached hydrogen (secondary N) is 1. The Bertz CT molecular complexity index is 869. The molecule has 1 N–H and O–H groups in total. The Morgan fingerprint density at radius 1 is 0.966 bits per heavy atom. The van der Waals surface area contributed by atoms with Gasteiger partial charge >= 0.3 is 12.1 Å². The van der Waals surface area contributed by atoms with Crippen LogP contribution < -0.4 is 19.5 Å². The zero-order valence-corrected chi connectivity index (χ0v) is 15.5. The molecule has 0 unspecified atom stereocenters. The molecule has 0 saturated carbocycles. The van der Waals surface area contributed by atoms with E-state index in [4.69, 9.17) is 18.9 Å². The molecule has 0 fully saturated rings. The highest BCUT2D eigenvalue weighted by Gasteiger charge is 2.30. The molecule has 0 bridgehead atoms. The fraction of sp³-hybridized carbons (Fsp3) is 0.263. The molecule has 0 aromatic heterocycles. The number of carbonyl (C=O) groups is 2. The highest BCUT2D eigenvalue weighted by Crippen LogP contribution is 2.31. The number of hydrogen-bond acceptors (Lipinski definition) is 6. The quantitative estimate of drug-likeness (QED) is 0.669. The normalized spacial score (nSPS) is 10.8. The third-order valence-electron chi connectivity index (χ3n) is 3.56. The van der Waals surface area contributed by atoms with Crippen LogP contribution in [0.25, 0.3) is 0 Å². The molecular weight excluding hydrogens is 395 g/mol. The second-order valence-corrected chi connectivity index (χ2v) is 5.59. The van der Waals surface area contributed by atoms with E-state index in [-0.39, 0.29) is 5.75 Å². The average molecular weight is 413 g/mol. The summed E-state index contributed by atoms with van der Waals surface area (Å²) in [7, 11) is 2.88. The minimum atomic E-state index is -4.53. The van der Waals surface area contributed by atoms with Crippen LogP contribution in [-0.2, 0) is 20.5 Å². The Labute approximate surface area is 164 Å².